The fraction of sp³-hybridized carbons (Fsp3) is 0.714. The molecule has 0 atom stereocenters. The highest BCUT2D eigenvalue weighted by molar-refractivity contribution is 7.17. The molecule has 0 saturated carbocycles. The first kappa shape index (κ1) is 16.4. The molecule has 0 amide bonds. The van der Waals surface area contributed by atoms with E-state index in [4.69, 9.17) is 11.6 Å². The Hall–Kier alpha value is -0.610. The lowest BCUT2D eigenvalue weighted by atomic mass is 10.1. The Morgan fingerprint density at radius 2 is 1.74 bits per heavy atom. The van der Waals surface area contributed by atoms with Crippen molar-refractivity contribution < 1.29 is 4.79 Å². The Kier molecular flexibility index (Phi) is 6.80. The highest BCUT2D eigenvalue weighted by atomic mass is 35.5. The van der Waals surface area contributed by atoms with E-state index in [1.165, 1.54) is 11.3 Å². The van der Waals surface area contributed by atoms with E-state index in [0.29, 0.717) is 21.9 Å². The number of carbonyl (C=O) groups is 1. The number of aldehydes is 1. The van der Waals surface area contributed by atoms with Gasteiger partial charge >= 0.3 is 0 Å². The van der Waals surface area contributed by atoms with Crippen molar-refractivity contribution in [2.75, 3.05) is 18.0 Å². The molecule has 0 N–H and O–H groups in total. The van der Waals surface area contributed by atoms with Gasteiger partial charge < -0.3 is 4.90 Å². The van der Waals surface area contributed by atoms with E-state index in [1.54, 1.807) is 0 Å². The quantitative estimate of drug-likeness (QED) is 0.663. The molecule has 0 spiro atoms. The Bertz CT molecular complexity index is 392. The number of hydrogen-bond donors (Lipinski definition) is 0. The molecule has 1 heterocycles. The predicted octanol–water partition coefficient (Wildman–Crippen LogP) is 4.51. The molecule has 1 rings (SSSR count). The average Bonchev–Trinajstić information content (AvgIpc) is 2.69. The summed E-state index contributed by atoms with van der Waals surface area (Å²) >= 11 is 7.34. The molecular weight excluding hydrogens is 280 g/mol. The third-order valence-corrected chi connectivity index (χ3v) is 4.37. The zero-order valence-electron chi connectivity index (χ0n) is 12.1. The number of halogens is 1. The van der Waals surface area contributed by atoms with Crippen molar-refractivity contribution in [2.45, 2.75) is 40.5 Å². The van der Waals surface area contributed by atoms with Gasteiger partial charge in [0.25, 0.3) is 0 Å². The van der Waals surface area contributed by atoms with E-state index in [1.807, 2.05) is 0 Å². The lowest BCUT2D eigenvalue weighted by molar-refractivity contribution is 0.112. The highest BCUT2D eigenvalue weighted by Crippen LogP contribution is 2.29. The Morgan fingerprint density at radius 1 is 1.21 bits per heavy atom. The highest BCUT2D eigenvalue weighted by Gasteiger charge is 2.15. The molecule has 0 aromatic carbocycles. The Balaban J connectivity index is 2.77. The van der Waals surface area contributed by atoms with E-state index >= 15 is 0 Å². The molecule has 1 aromatic heterocycles. The number of hydrogen-bond acceptors (Lipinski definition) is 4. The zero-order valence-corrected chi connectivity index (χ0v) is 13.7. The molecular formula is C14H23ClN2OS. The van der Waals surface area contributed by atoms with Crippen molar-refractivity contribution >= 4 is 34.4 Å². The number of aromatic nitrogens is 1. The van der Waals surface area contributed by atoms with Gasteiger partial charge in [-0.3, -0.25) is 4.79 Å². The fourth-order valence-corrected chi connectivity index (χ4v) is 2.76. The van der Waals surface area contributed by atoms with Crippen LogP contribution in [0.3, 0.4) is 0 Å². The molecule has 0 radical (unpaired) electrons. The summed E-state index contributed by atoms with van der Waals surface area (Å²) in [6.45, 7) is 10.8. The van der Waals surface area contributed by atoms with Crippen LogP contribution in [0.5, 0.6) is 0 Å². The van der Waals surface area contributed by atoms with Crippen molar-refractivity contribution in [3.63, 3.8) is 0 Å². The largest absolute Gasteiger partial charge is 0.348 e. The molecule has 0 aliphatic heterocycles. The molecule has 0 aliphatic rings. The van der Waals surface area contributed by atoms with E-state index in [0.717, 1.165) is 37.3 Å². The SMILES string of the molecule is CC(C)CCN(CCC(C)C)c1nc(Cl)c(C=O)s1. The second-order valence-electron chi connectivity index (χ2n) is 5.62. The van der Waals surface area contributed by atoms with Crippen LogP contribution in [-0.4, -0.2) is 24.4 Å². The minimum absolute atomic E-state index is 0.328. The predicted molar refractivity (Wildman–Crippen MR) is 83.6 cm³/mol. The molecule has 19 heavy (non-hydrogen) atoms. The topological polar surface area (TPSA) is 33.2 Å². The third-order valence-electron chi connectivity index (χ3n) is 2.93. The zero-order chi connectivity index (χ0) is 14.4. The molecule has 0 saturated heterocycles. The van der Waals surface area contributed by atoms with Crippen LogP contribution in [0, 0.1) is 11.8 Å². The van der Waals surface area contributed by atoms with Crippen LogP contribution in [0.15, 0.2) is 0 Å². The normalized spacial score (nSPS) is 11.3. The molecule has 0 fully saturated rings. The maximum absolute atomic E-state index is 10.9. The first-order valence-corrected chi connectivity index (χ1v) is 8.00. The van der Waals surface area contributed by atoms with Gasteiger partial charge in [-0.2, -0.15) is 0 Å². The van der Waals surface area contributed by atoms with Crippen LogP contribution in [0.1, 0.15) is 50.2 Å². The number of carbonyl (C=O) groups excluding carboxylic acids is 1. The van der Waals surface area contributed by atoms with Crippen molar-refractivity contribution in [3.05, 3.63) is 10.0 Å². The summed E-state index contributed by atoms with van der Waals surface area (Å²) in [4.78, 5) is 18.0. The number of rotatable bonds is 8. The Morgan fingerprint density at radius 3 is 2.11 bits per heavy atom. The summed E-state index contributed by atoms with van der Waals surface area (Å²) in [5, 5.41) is 1.20. The van der Waals surface area contributed by atoms with Gasteiger partial charge in [0.1, 0.15) is 4.88 Å². The van der Waals surface area contributed by atoms with Crippen LogP contribution in [0.2, 0.25) is 5.15 Å². The maximum Gasteiger partial charge on any atom is 0.187 e. The summed E-state index contributed by atoms with van der Waals surface area (Å²) in [5.41, 5.74) is 0. The van der Waals surface area contributed by atoms with Crippen molar-refractivity contribution in [2.24, 2.45) is 11.8 Å². The van der Waals surface area contributed by atoms with Gasteiger partial charge in [0.2, 0.25) is 0 Å². The molecule has 3 nitrogen and oxygen atoms in total. The minimum atomic E-state index is 0.328. The smallest absolute Gasteiger partial charge is 0.187 e. The van der Waals surface area contributed by atoms with Crippen LogP contribution >= 0.6 is 22.9 Å². The molecule has 5 heteroatoms. The van der Waals surface area contributed by atoms with Crippen LogP contribution in [0.25, 0.3) is 0 Å². The van der Waals surface area contributed by atoms with Gasteiger partial charge in [0, 0.05) is 13.1 Å². The number of thiazole rings is 1. The summed E-state index contributed by atoms with van der Waals surface area (Å²) in [7, 11) is 0. The van der Waals surface area contributed by atoms with Gasteiger partial charge in [-0.25, -0.2) is 4.98 Å². The van der Waals surface area contributed by atoms with Gasteiger partial charge in [0.05, 0.1) is 0 Å². The molecule has 0 bridgehead atoms. The van der Waals surface area contributed by atoms with Gasteiger partial charge in [-0.15, -0.1) is 0 Å². The van der Waals surface area contributed by atoms with Crippen molar-refractivity contribution in [3.8, 4) is 0 Å². The number of anilines is 1. The van der Waals surface area contributed by atoms with E-state index < -0.39 is 0 Å². The van der Waals surface area contributed by atoms with Crippen LogP contribution in [-0.2, 0) is 0 Å². The summed E-state index contributed by atoms with van der Waals surface area (Å²) in [5.74, 6) is 1.31. The summed E-state index contributed by atoms with van der Waals surface area (Å²) in [6.07, 6.45) is 3.02. The van der Waals surface area contributed by atoms with Gasteiger partial charge in [-0.05, 0) is 24.7 Å². The molecule has 1 aromatic rings. The van der Waals surface area contributed by atoms with Crippen molar-refractivity contribution in [1.29, 1.82) is 0 Å². The number of nitrogens with zero attached hydrogens (tertiary/aromatic N) is 2. The van der Waals surface area contributed by atoms with Crippen molar-refractivity contribution in [1.82, 2.24) is 4.98 Å². The standard InChI is InChI=1S/C14H23ClN2OS/c1-10(2)5-7-17(8-6-11(3)4)14-16-13(15)12(9-18)19-14/h9-11H,5-8H2,1-4H3. The minimum Gasteiger partial charge on any atom is -0.348 e. The van der Waals surface area contributed by atoms with E-state index in [-0.39, 0.29) is 0 Å². The van der Waals surface area contributed by atoms with Gasteiger partial charge in [0.15, 0.2) is 16.6 Å². The van der Waals surface area contributed by atoms with Gasteiger partial charge in [-0.1, -0.05) is 50.6 Å². The molecule has 0 aliphatic carbocycles. The monoisotopic (exact) mass is 302 g/mol. The van der Waals surface area contributed by atoms with Crippen LogP contribution < -0.4 is 4.90 Å². The van der Waals surface area contributed by atoms with E-state index in [9.17, 15) is 4.79 Å². The van der Waals surface area contributed by atoms with E-state index in [2.05, 4.69) is 37.6 Å². The second kappa shape index (κ2) is 7.85. The molecule has 108 valence electrons. The Labute approximate surface area is 125 Å². The molecule has 0 unspecified atom stereocenters. The lowest BCUT2D eigenvalue weighted by Gasteiger charge is -2.23. The average molecular weight is 303 g/mol. The first-order chi connectivity index (χ1) is 8.93. The maximum atomic E-state index is 10.9. The summed E-state index contributed by atoms with van der Waals surface area (Å²) in [6, 6.07) is 0. The summed E-state index contributed by atoms with van der Waals surface area (Å²) < 4.78 is 0. The second-order valence-corrected chi connectivity index (χ2v) is 6.99. The van der Waals surface area contributed by atoms with Crippen LogP contribution in [0.4, 0.5) is 5.13 Å². The first-order valence-electron chi connectivity index (χ1n) is 6.80. The third kappa shape index (κ3) is 5.49. The lowest BCUT2D eigenvalue weighted by Crippen LogP contribution is -2.27. The fourth-order valence-electron chi connectivity index (χ4n) is 1.64.